The minimum atomic E-state index is -0.849. The zero-order valence-corrected chi connectivity index (χ0v) is 30.5. The lowest BCUT2D eigenvalue weighted by atomic mass is 10.1. The average molecular weight is 761 g/mol. The van der Waals surface area contributed by atoms with Gasteiger partial charge in [0.05, 0.1) is 57.4 Å². The molecule has 0 aliphatic carbocycles. The second-order valence-corrected chi connectivity index (χ2v) is 12.0. The van der Waals surface area contributed by atoms with Gasteiger partial charge < -0.3 is 33.7 Å². The number of carbonyl (C=O) groups excluding carboxylic acids is 1. The summed E-state index contributed by atoms with van der Waals surface area (Å²) in [5.41, 5.74) is 4.03. The predicted octanol–water partition coefficient (Wildman–Crippen LogP) is 8.82. The van der Waals surface area contributed by atoms with Crippen LogP contribution in [0.25, 0.3) is 21.8 Å². The number of pyridine rings is 3. The third-order valence-corrected chi connectivity index (χ3v) is 8.55. The summed E-state index contributed by atoms with van der Waals surface area (Å²) in [6, 6.07) is 22.4. The molecular formula is C41H34F2N6O7. The molecule has 0 unspecified atom stereocenters. The number of hydrogen-bond donors (Lipinski definition) is 2. The van der Waals surface area contributed by atoms with E-state index in [4.69, 9.17) is 28.4 Å². The molecule has 0 aliphatic heterocycles. The molecule has 0 atom stereocenters. The number of rotatable bonds is 13. The number of amides is 2. The van der Waals surface area contributed by atoms with Crippen LogP contribution in [-0.4, -0.2) is 49.4 Å². The van der Waals surface area contributed by atoms with Crippen molar-refractivity contribution in [2.75, 3.05) is 38.9 Å². The SMILES string of the molecule is COc1cc2nccc(Oc3ccc(NN(C(=O)NCc4ccccn4)c4ccc(Oc5ccnc6cc(OC)c(OC)cc56)cc4F)c(F)c3)c2cc1OC. The summed E-state index contributed by atoms with van der Waals surface area (Å²) in [6.07, 6.45) is 4.68. The number of fused-ring (bicyclic) bond motifs is 2. The molecule has 0 spiro atoms. The van der Waals surface area contributed by atoms with Crippen LogP contribution in [0, 0.1) is 11.6 Å². The van der Waals surface area contributed by atoms with Crippen molar-refractivity contribution in [1.82, 2.24) is 20.3 Å². The first-order valence-electron chi connectivity index (χ1n) is 17.0. The maximum atomic E-state index is 16.1. The molecule has 3 aromatic heterocycles. The minimum Gasteiger partial charge on any atom is -0.493 e. The molecule has 0 fully saturated rings. The Morgan fingerprint density at radius 2 is 1.16 bits per heavy atom. The lowest BCUT2D eigenvalue weighted by Crippen LogP contribution is -2.44. The fourth-order valence-corrected chi connectivity index (χ4v) is 5.80. The molecule has 2 N–H and O–H groups in total. The third kappa shape index (κ3) is 7.77. The largest absolute Gasteiger partial charge is 0.493 e. The van der Waals surface area contributed by atoms with E-state index in [0.717, 1.165) is 17.1 Å². The lowest BCUT2D eigenvalue weighted by Gasteiger charge is -2.26. The zero-order valence-electron chi connectivity index (χ0n) is 30.5. The number of ether oxygens (including phenoxy) is 6. The highest BCUT2D eigenvalue weighted by Crippen LogP contribution is 2.39. The van der Waals surface area contributed by atoms with E-state index in [2.05, 4.69) is 25.7 Å². The topological polar surface area (TPSA) is 138 Å². The number of urea groups is 1. The molecule has 0 saturated heterocycles. The molecular weight excluding hydrogens is 726 g/mol. The van der Waals surface area contributed by atoms with Gasteiger partial charge in [-0.25, -0.2) is 18.6 Å². The Bertz CT molecular complexity index is 2540. The average Bonchev–Trinajstić information content (AvgIpc) is 3.22. The van der Waals surface area contributed by atoms with Crippen LogP contribution in [0.4, 0.5) is 25.0 Å². The second-order valence-electron chi connectivity index (χ2n) is 12.0. The summed E-state index contributed by atoms with van der Waals surface area (Å²) in [4.78, 5) is 26.6. The normalized spacial score (nSPS) is 10.8. The number of nitrogens with zero attached hydrogens (tertiary/aromatic N) is 4. The highest BCUT2D eigenvalue weighted by molar-refractivity contribution is 5.94. The fraction of sp³-hybridized carbons (Fsp3) is 0.122. The molecule has 0 radical (unpaired) electrons. The van der Waals surface area contributed by atoms with Crippen molar-refractivity contribution in [2.24, 2.45) is 0 Å². The molecule has 0 aliphatic rings. The summed E-state index contributed by atoms with van der Waals surface area (Å²) < 4.78 is 65.6. The number of hydrazine groups is 1. The predicted molar refractivity (Wildman–Crippen MR) is 205 cm³/mol. The van der Waals surface area contributed by atoms with Crippen LogP contribution in [0.1, 0.15) is 5.69 Å². The number of hydrogen-bond acceptors (Lipinski definition) is 11. The molecule has 3 heterocycles. The molecule has 0 saturated carbocycles. The van der Waals surface area contributed by atoms with Gasteiger partial charge in [0.25, 0.3) is 0 Å². The number of carbonyl (C=O) groups is 1. The van der Waals surface area contributed by atoms with Crippen molar-refractivity contribution in [1.29, 1.82) is 0 Å². The first-order valence-corrected chi connectivity index (χ1v) is 17.0. The Morgan fingerprint density at radius 1 is 0.607 bits per heavy atom. The molecule has 13 nitrogen and oxygen atoms in total. The van der Waals surface area contributed by atoms with Crippen LogP contribution in [0.2, 0.25) is 0 Å². The van der Waals surface area contributed by atoms with Gasteiger partial charge in [-0.1, -0.05) is 6.07 Å². The van der Waals surface area contributed by atoms with Gasteiger partial charge in [-0.2, -0.15) is 0 Å². The quantitative estimate of drug-likeness (QED) is 0.109. The van der Waals surface area contributed by atoms with E-state index in [1.54, 1.807) is 73.2 Å². The molecule has 2 amide bonds. The summed E-state index contributed by atoms with van der Waals surface area (Å²) in [6.45, 7) is 0.00976. The van der Waals surface area contributed by atoms with Crippen LogP contribution >= 0.6 is 0 Å². The van der Waals surface area contributed by atoms with E-state index < -0.39 is 17.7 Å². The Hall–Kier alpha value is -7.42. The van der Waals surface area contributed by atoms with E-state index in [1.165, 1.54) is 52.7 Å². The summed E-state index contributed by atoms with van der Waals surface area (Å²) >= 11 is 0. The fourth-order valence-electron chi connectivity index (χ4n) is 5.80. The summed E-state index contributed by atoms with van der Waals surface area (Å²) in [5.74, 6) is 1.27. The molecule has 7 rings (SSSR count). The molecule has 7 aromatic rings. The molecule has 284 valence electrons. The number of nitrogens with one attached hydrogen (secondary N) is 2. The van der Waals surface area contributed by atoms with Crippen molar-refractivity contribution in [3.8, 4) is 46.0 Å². The van der Waals surface area contributed by atoms with Gasteiger partial charge in [-0.3, -0.25) is 20.4 Å². The zero-order chi connectivity index (χ0) is 39.2. The Balaban J connectivity index is 1.16. The molecule has 0 bridgehead atoms. The third-order valence-electron chi connectivity index (χ3n) is 8.55. The number of benzene rings is 4. The van der Waals surface area contributed by atoms with E-state index >= 15 is 8.78 Å². The highest BCUT2D eigenvalue weighted by Gasteiger charge is 2.23. The van der Waals surface area contributed by atoms with Crippen molar-refractivity contribution >= 4 is 39.2 Å². The summed E-state index contributed by atoms with van der Waals surface area (Å²) in [5, 5.41) is 4.75. The van der Waals surface area contributed by atoms with Gasteiger partial charge in [0.2, 0.25) is 0 Å². The molecule has 4 aromatic carbocycles. The lowest BCUT2D eigenvalue weighted by molar-refractivity contribution is 0.246. The highest BCUT2D eigenvalue weighted by atomic mass is 19.1. The van der Waals surface area contributed by atoms with Crippen LogP contribution in [0.3, 0.4) is 0 Å². The van der Waals surface area contributed by atoms with E-state index in [-0.39, 0.29) is 29.4 Å². The van der Waals surface area contributed by atoms with Crippen LogP contribution in [0.5, 0.6) is 46.0 Å². The summed E-state index contributed by atoms with van der Waals surface area (Å²) in [7, 11) is 6.06. The first-order chi connectivity index (χ1) is 27.3. The molecule has 56 heavy (non-hydrogen) atoms. The first kappa shape index (κ1) is 36.9. The van der Waals surface area contributed by atoms with Crippen LogP contribution in [-0.2, 0) is 6.54 Å². The standard InChI is InChI=1S/C41H34F2N6O7/c1-51-37-19-27-32(21-39(37)53-3)45-15-12-35(27)55-25-8-10-31(29(42)17-25)48-49(41(50)47-23-24-7-5-6-14-44-24)34-11-9-26(18-30(34)43)56-36-13-16-46-33-22-40(54-4)38(52-2)20-28(33)36/h5-22,48H,23H2,1-4H3,(H,47,50). The van der Waals surface area contributed by atoms with Gasteiger partial charge in [0, 0.05) is 53.6 Å². The maximum absolute atomic E-state index is 16.1. The van der Waals surface area contributed by atoms with Crippen LogP contribution < -0.4 is 44.2 Å². The number of halogens is 2. The Labute approximate surface area is 319 Å². The molecule has 15 heteroatoms. The van der Waals surface area contributed by atoms with Crippen molar-refractivity contribution in [3.63, 3.8) is 0 Å². The van der Waals surface area contributed by atoms with Crippen molar-refractivity contribution < 1.29 is 42.0 Å². The number of aromatic nitrogens is 3. The minimum absolute atomic E-state index is 0.00976. The second kappa shape index (κ2) is 16.3. The van der Waals surface area contributed by atoms with Gasteiger partial charge in [0.1, 0.15) is 28.7 Å². The van der Waals surface area contributed by atoms with Crippen molar-refractivity contribution in [3.05, 3.63) is 127 Å². The van der Waals surface area contributed by atoms with E-state index in [0.29, 0.717) is 62.0 Å². The maximum Gasteiger partial charge on any atom is 0.341 e. The van der Waals surface area contributed by atoms with Gasteiger partial charge in [0.15, 0.2) is 34.6 Å². The monoisotopic (exact) mass is 760 g/mol. The Kier molecular flexibility index (Phi) is 10.7. The van der Waals surface area contributed by atoms with Crippen molar-refractivity contribution in [2.45, 2.75) is 6.54 Å². The smallest absolute Gasteiger partial charge is 0.341 e. The van der Waals surface area contributed by atoms with E-state index in [9.17, 15) is 4.79 Å². The van der Waals surface area contributed by atoms with Gasteiger partial charge in [-0.05, 0) is 60.7 Å². The van der Waals surface area contributed by atoms with E-state index in [1.807, 2.05) is 0 Å². The number of anilines is 2. The number of methoxy groups -OCH3 is 4. The van der Waals surface area contributed by atoms with Gasteiger partial charge in [-0.15, -0.1) is 0 Å². The van der Waals surface area contributed by atoms with Crippen LogP contribution in [0.15, 0.2) is 110 Å². The Morgan fingerprint density at radius 3 is 1.68 bits per heavy atom. The van der Waals surface area contributed by atoms with Gasteiger partial charge >= 0.3 is 6.03 Å².